The normalized spacial score (nSPS) is 22.1. The molecule has 3 fully saturated rings. The molecule has 142 valence electrons. The molecule has 1 aromatic heterocycles. The van der Waals surface area contributed by atoms with Gasteiger partial charge in [-0.15, -0.1) is 0 Å². The highest BCUT2D eigenvalue weighted by Gasteiger charge is 2.45. The third-order valence-corrected chi connectivity index (χ3v) is 6.33. The number of nitrogens with zero attached hydrogens (tertiary/aromatic N) is 4. The van der Waals surface area contributed by atoms with Gasteiger partial charge in [0, 0.05) is 37.9 Å². The van der Waals surface area contributed by atoms with Gasteiger partial charge in [-0.1, -0.05) is 0 Å². The Hall–Kier alpha value is -2.39. The van der Waals surface area contributed by atoms with Crippen molar-refractivity contribution in [1.29, 1.82) is 5.26 Å². The number of aliphatic hydroxyl groups is 1. The van der Waals surface area contributed by atoms with Crippen molar-refractivity contribution >= 4 is 17.3 Å². The van der Waals surface area contributed by atoms with Crippen LogP contribution < -0.4 is 4.90 Å². The lowest BCUT2D eigenvalue weighted by atomic mass is 9.91. The highest BCUT2D eigenvalue weighted by atomic mass is 16.3. The minimum absolute atomic E-state index is 0.198. The first-order valence-electron chi connectivity index (χ1n) is 9.73. The van der Waals surface area contributed by atoms with Gasteiger partial charge < -0.3 is 14.9 Å². The summed E-state index contributed by atoms with van der Waals surface area (Å²) in [6.45, 7) is 6.34. The third kappa shape index (κ3) is 3.32. The topological polar surface area (TPSA) is 80.5 Å². The fourth-order valence-corrected chi connectivity index (χ4v) is 4.23. The van der Waals surface area contributed by atoms with Crippen LogP contribution in [-0.2, 0) is 4.79 Å². The number of allylic oxidation sites excluding steroid dienone is 1. The Morgan fingerprint density at radius 1 is 1.30 bits per heavy atom. The van der Waals surface area contributed by atoms with Crippen molar-refractivity contribution in [1.82, 2.24) is 9.88 Å². The lowest BCUT2D eigenvalue weighted by Crippen LogP contribution is -2.51. The fraction of sp³-hybridized carbons (Fsp3) is 0.571. The number of hydrogen-bond acceptors (Lipinski definition) is 6. The number of aliphatic hydroxyl groups excluding tert-OH is 1. The molecule has 0 radical (unpaired) electrons. The highest BCUT2D eigenvalue weighted by molar-refractivity contribution is 6.04. The van der Waals surface area contributed by atoms with Crippen LogP contribution in [0, 0.1) is 23.7 Å². The van der Waals surface area contributed by atoms with Crippen molar-refractivity contribution in [2.45, 2.75) is 45.6 Å². The molecule has 0 amide bonds. The van der Waals surface area contributed by atoms with Gasteiger partial charge in [-0.2, -0.15) is 5.26 Å². The van der Waals surface area contributed by atoms with Crippen LogP contribution in [0.3, 0.4) is 0 Å². The van der Waals surface area contributed by atoms with Crippen LogP contribution >= 0.6 is 0 Å². The molecule has 0 bridgehead atoms. The molecule has 0 unspecified atom stereocenters. The van der Waals surface area contributed by atoms with Gasteiger partial charge in [0.2, 0.25) is 0 Å². The smallest absolute Gasteiger partial charge is 0.172 e. The number of Topliss-reactive ketones (excluding diaryl/α,β-unsaturated/α-hetero) is 1. The number of nitriles is 1. The van der Waals surface area contributed by atoms with Crippen LogP contribution in [0.1, 0.15) is 43.7 Å². The Morgan fingerprint density at radius 3 is 2.48 bits per heavy atom. The molecule has 0 aromatic carbocycles. The summed E-state index contributed by atoms with van der Waals surface area (Å²) in [5.41, 5.74) is 3.36. The number of aryl methyl sites for hydroxylation is 1. The third-order valence-electron chi connectivity index (χ3n) is 6.33. The van der Waals surface area contributed by atoms with Crippen LogP contribution in [0.25, 0.3) is 5.70 Å². The number of carbonyl (C=O) groups is 1. The molecule has 6 heteroatoms. The van der Waals surface area contributed by atoms with Crippen molar-refractivity contribution in [2.24, 2.45) is 5.41 Å². The molecule has 1 aliphatic carbocycles. The minimum Gasteiger partial charge on any atom is -0.389 e. The average molecular weight is 366 g/mol. The van der Waals surface area contributed by atoms with E-state index in [2.05, 4.69) is 16.0 Å². The van der Waals surface area contributed by atoms with Gasteiger partial charge in [0.1, 0.15) is 17.5 Å². The molecule has 3 heterocycles. The summed E-state index contributed by atoms with van der Waals surface area (Å²) in [5.74, 6) is 0.589. The van der Waals surface area contributed by atoms with Crippen molar-refractivity contribution in [2.75, 3.05) is 31.1 Å². The first-order chi connectivity index (χ1) is 12.9. The van der Waals surface area contributed by atoms with E-state index in [4.69, 9.17) is 0 Å². The second-order valence-electron chi connectivity index (χ2n) is 8.29. The number of β-amino-alcohol motifs (C(OH)–C–C–N with tert-alkyl or cyclic N) is 1. The SMILES string of the molecule is CC(=O)/C(C#N)=C(\c1cc(N2CC(O)C2)ncc1C)N1CCC2(CC1)CC2. The maximum atomic E-state index is 12.2. The number of rotatable bonds is 4. The van der Waals surface area contributed by atoms with Crippen LogP contribution in [-0.4, -0.2) is 53.1 Å². The standard InChI is InChI=1S/C21H26N4O2/c1-14-11-23-19(25-12-16(27)13-25)9-17(14)20(18(10-22)15(2)26)24-7-5-21(3-4-21)6-8-24/h9,11,16,27H,3-8,12-13H2,1-2H3/b20-18+. The van der Waals surface area contributed by atoms with E-state index in [-0.39, 0.29) is 17.5 Å². The summed E-state index contributed by atoms with van der Waals surface area (Å²) in [5, 5.41) is 19.3. The first kappa shape index (κ1) is 18.0. The van der Waals surface area contributed by atoms with Gasteiger partial charge in [0.15, 0.2) is 5.78 Å². The molecule has 27 heavy (non-hydrogen) atoms. The number of ketones is 1. The van der Waals surface area contributed by atoms with E-state index in [0.717, 1.165) is 48.6 Å². The van der Waals surface area contributed by atoms with Crippen molar-refractivity contribution in [3.63, 3.8) is 0 Å². The molecule has 2 aliphatic heterocycles. The Bertz CT molecular complexity index is 834. The number of anilines is 1. The monoisotopic (exact) mass is 366 g/mol. The summed E-state index contributed by atoms with van der Waals surface area (Å²) in [6.07, 6.45) is 6.37. The molecule has 1 saturated carbocycles. The summed E-state index contributed by atoms with van der Waals surface area (Å²) >= 11 is 0. The number of pyridine rings is 1. The Morgan fingerprint density at radius 2 is 1.96 bits per heavy atom. The number of carbonyl (C=O) groups excluding carboxylic acids is 1. The molecule has 3 aliphatic rings. The summed E-state index contributed by atoms with van der Waals surface area (Å²) in [4.78, 5) is 21.0. The van der Waals surface area contributed by atoms with Crippen molar-refractivity contribution in [3.05, 3.63) is 29.0 Å². The predicted octanol–water partition coefficient (Wildman–Crippen LogP) is 2.27. The number of piperidine rings is 1. The van der Waals surface area contributed by atoms with E-state index in [1.807, 2.05) is 17.9 Å². The zero-order valence-corrected chi connectivity index (χ0v) is 16.0. The van der Waals surface area contributed by atoms with Gasteiger partial charge in [-0.3, -0.25) is 4.79 Å². The number of hydrogen-bond donors (Lipinski definition) is 1. The Balaban J connectivity index is 1.73. The second kappa shape index (κ2) is 6.65. The van der Waals surface area contributed by atoms with Gasteiger partial charge in [0.05, 0.1) is 11.8 Å². The fourth-order valence-electron chi connectivity index (χ4n) is 4.23. The van der Waals surface area contributed by atoms with Crippen LogP contribution in [0.15, 0.2) is 17.8 Å². The molecule has 1 N–H and O–H groups in total. The van der Waals surface area contributed by atoms with Crippen LogP contribution in [0.2, 0.25) is 0 Å². The summed E-state index contributed by atoms with van der Waals surface area (Å²) in [7, 11) is 0. The van der Waals surface area contributed by atoms with Gasteiger partial charge in [-0.25, -0.2) is 4.98 Å². The van der Waals surface area contributed by atoms with E-state index in [1.54, 1.807) is 6.20 Å². The van der Waals surface area contributed by atoms with Gasteiger partial charge in [-0.05, 0) is 56.6 Å². The molecule has 2 saturated heterocycles. The molecule has 1 spiro atoms. The van der Waals surface area contributed by atoms with Crippen LogP contribution in [0.5, 0.6) is 0 Å². The van der Waals surface area contributed by atoms with Gasteiger partial charge in [0.25, 0.3) is 0 Å². The van der Waals surface area contributed by atoms with E-state index >= 15 is 0 Å². The summed E-state index contributed by atoms with van der Waals surface area (Å²) in [6, 6.07) is 4.13. The number of likely N-dealkylation sites (tertiary alicyclic amines) is 1. The molecule has 6 nitrogen and oxygen atoms in total. The molecule has 0 atom stereocenters. The Kier molecular flexibility index (Phi) is 4.43. The quantitative estimate of drug-likeness (QED) is 0.650. The maximum absolute atomic E-state index is 12.2. The Labute approximate surface area is 160 Å². The minimum atomic E-state index is -0.310. The zero-order valence-electron chi connectivity index (χ0n) is 16.0. The predicted molar refractivity (Wildman–Crippen MR) is 103 cm³/mol. The van der Waals surface area contributed by atoms with Crippen molar-refractivity contribution < 1.29 is 9.90 Å². The largest absolute Gasteiger partial charge is 0.389 e. The zero-order chi connectivity index (χ0) is 19.2. The highest BCUT2D eigenvalue weighted by Crippen LogP contribution is 2.54. The molecular formula is C21H26N4O2. The van der Waals surface area contributed by atoms with E-state index < -0.39 is 0 Å². The van der Waals surface area contributed by atoms with Crippen molar-refractivity contribution in [3.8, 4) is 6.07 Å². The van der Waals surface area contributed by atoms with E-state index in [0.29, 0.717) is 18.5 Å². The first-order valence-corrected chi connectivity index (χ1v) is 9.73. The summed E-state index contributed by atoms with van der Waals surface area (Å²) < 4.78 is 0. The lowest BCUT2D eigenvalue weighted by molar-refractivity contribution is -0.113. The van der Waals surface area contributed by atoms with E-state index in [9.17, 15) is 15.2 Å². The molecule has 4 rings (SSSR count). The lowest BCUT2D eigenvalue weighted by Gasteiger charge is -2.38. The average Bonchev–Trinajstić information content (AvgIpc) is 3.38. The maximum Gasteiger partial charge on any atom is 0.172 e. The van der Waals surface area contributed by atoms with Gasteiger partial charge >= 0.3 is 0 Å². The van der Waals surface area contributed by atoms with E-state index in [1.165, 1.54) is 19.8 Å². The van der Waals surface area contributed by atoms with Crippen LogP contribution in [0.4, 0.5) is 5.82 Å². The molecular weight excluding hydrogens is 340 g/mol. The number of aromatic nitrogens is 1. The second-order valence-corrected chi connectivity index (χ2v) is 8.29. The molecule has 1 aromatic rings.